The molecule has 0 aliphatic heterocycles. The zero-order valence-corrected chi connectivity index (χ0v) is 14.3. The largest absolute Gasteiger partial charge is 0.494 e. The van der Waals surface area contributed by atoms with E-state index in [1.807, 2.05) is 44.2 Å². The normalized spacial score (nSPS) is 15.0. The molecule has 22 heavy (non-hydrogen) atoms. The zero-order chi connectivity index (χ0) is 15.4. The smallest absolute Gasteiger partial charge is 0.124 e. The molecule has 122 valence electrons. The van der Waals surface area contributed by atoms with Gasteiger partial charge in [-0.2, -0.15) is 0 Å². The summed E-state index contributed by atoms with van der Waals surface area (Å²) in [5, 5.41) is 12.7. The molecule has 0 saturated carbocycles. The fourth-order valence-corrected chi connectivity index (χ4v) is 2.67. The Kier molecular flexibility index (Phi) is 7.14. The highest BCUT2D eigenvalue weighted by Gasteiger charge is 2.26. The Labute approximate surface area is 138 Å². The van der Waals surface area contributed by atoms with E-state index in [0.29, 0.717) is 6.61 Å². The second-order valence-electron chi connectivity index (χ2n) is 5.53. The molecule has 0 bridgehead atoms. The lowest BCUT2D eigenvalue weighted by atomic mass is 9.88. The number of aliphatic hydroxyl groups is 1. The Morgan fingerprint density at radius 2 is 1.82 bits per heavy atom. The summed E-state index contributed by atoms with van der Waals surface area (Å²) in [5.74, 6) is 0.916. The molecular formula is C18H26ClNO2. The van der Waals surface area contributed by atoms with Crippen LogP contribution in [0.25, 0.3) is 10.8 Å². The first-order valence-corrected chi connectivity index (χ1v) is 7.68. The van der Waals surface area contributed by atoms with Gasteiger partial charge in [0.15, 0.2) is 0 Å². The average molecular weight is 324 g/mol. The SMILES string of the molecule is CCOc1ccc2ccccc2c1[C@H](N)[C@H](O)C(C)CC.Cl. The predicted molar refractivity (Wildman–Crippen MR) is 94.8 cm³/mol. The van der Waals surface area contributed by atoms with Gasteiger partial charge in [0.1, 0.15) is 5.75 Å². The summed E-state index contributed by atoms with van der Waals surface area (Å²) >= 11 is 0. The minimum absolute atomic E-state index is 0. The van der Waals surface area contributed by atoms with Gasteiger partial charge in [0.2, 0.25) is 0 Å². The molecule has 2 aromatic rings. The summed E-state index contributed by atoms with van der Waals surface area (Å²) in [5.41, 5.74) is 7.29. The molecule has 0 fully saturated rings. The Balaban J connectivity index is 0.00000242. The highest BCUT2D eigenvalue weighted by Crippen LogP contribution is 2.35. The molecular weight excluding hydrogens is 298 g/mol. The first kappa shape index (κ1) is 18.8. The molecule has 4 heteroatoms. The number of fused-ring (bicyclic) bond motifs is 1. The van der Waals surface area contributed by atoms with Gasteiger partial charge in [-0.15, -0.1) is 12.4 Å². The number of hydrogen-bond donors (Lipinski definition) is 2. The Morgan fingerprint density at radius 1 is 1.14 bits per heavy atom. The summed E-state index contributed by atoms with van der Waals surface area (Å²) in [6.07, 6.45) is 0.309. The second kappa shape index (κ2) is 8.37. The van der Waals surface area contributed by atoms with Crippen molar-refractivity contribution in [2.75, 3.05) is 6.61 Å². The van der Waals surface area contributed by atoms with Crippen molar-refractivity contribution in [2.45, 2.75) is 39.3 Å². The van der Waals surface area contributed by atoms with E-state index in [9.17, 15) is 5.11 Å². The van der Waals surface area contributed by atoms with Crippen molar-refractivity contribution >= 4 is 23.2 Å². The summed E-state index contributed by atoms with van der Waals surface area (Å²) in [4.78, 5) is 0. The monoisotopic (exact) mass is 323 g/mol. The van der Waals surface area contributed by atoms with Crippen LogP contribution in [0.15, 0.2) is 36.4 Å². The van der Waals surface area contributed by atoms with E-state index in [4.69, 9.17) is 10.5 Å². The highest BCUT2D eigenvalue weighted by molar-refractivity contribution is 5.88. The highest BCUT2D eigenvalue weighted by atomic mass is 35.5. The Morgan fingerprint density at radius 3 is 2.45 bits per heavy atom. The van der Waals surface area contributed by atoms with Crippen LogP contribution in [0.3, 0.4) is 0 Å². The zero-order valence-electron chi connectivity index (χ0n) is 13.5. The minimum Gasteiger partial charge on any atom is -0.494 e. The van der Waals surface area contributed by atoms with Crippen LogP contribution in [0.2, 0.25) is 0 Å². The molecule has 0 amide bonds. The van der Waals surface area contributed by atoms with E-state index in [2.05, 4.69) is 13.0 Å². The molecule has 0 aliphatic rings. The number of nitrogens with two attached hydrogens (primary N) is 1. The molecule has 0 heterocycles. The van der Waals surface area contributed by atoms with Crippen LogP contribution in [0.1, 0.15) is 38.8 Å². The van der Waals surface area contributed by atoms with Gasteiger partial charge in [-0.05, 0) is 29.7 Å². The fourth-order valence-electron chi connectivity index (χ4n) is 2.67. The Hall–Kier alpha value is -1.29. The van der Waals surface area contributed by atoms with Crippen LogP contribution < -0.4 is 10.5 Å². The van der Waals surface area contributed by atoms with Crippen LogP contribution in [-0.2, 0) is 0 Å². The number of halogens is 1. The molecule has 0 spiro atoms. The maximum atomic E-state index is 10.5. The molecule has 3 nitrogen and oxygen atoms in total. The molecule has 1 unspecified atom stereocenters. The van der Waals surface area contributed by atoms with Crippen molar-refractivity contribution in [1.82, 2.24) is 0 Å². The van der Waals surface area contributed by atoms with E-state index in [1.54, 1.807) is 0 Å². The molecule has 0 radical (unpaired) electrons. The van der Waals surface area contributed by atoms with Crippen molar-refractivity contribution in [2.24, 2.45) is 11.7 Å². The van der Waals surface area contributed by atoms with E-state index < -0.39 is 12.1 Å². The van der Waals surface area contributed by atoms with Gasteiger partial charge in [0, 0.05) is 5.56 Å². The fraction of sp³-hybridized carbons (Fsp3) is 0.444. The van der Waals surface area contributed by atoms with Crippen molar-refractivity contribution in [3.63, 3.8) is 0 Å². The molecule has 0 saturated heterocycles. The van der Waals surface area contributed by atoms with Crippen LogP contribution in [0, 0.1) is 5.92 Å². The molecule has 2 rings (SSSR count). The predicted octanol–water partition coefficient (Wildman–Crippen LogP) is 4.07. The molecule has 0 aromatic heterocycles. The van der Waals surface area contributed by atoms with Crippen LogP contribution in [0.4, 0.5) is 0 Å². The van der Waals surface area contributed by atoms with E-state index in [-0.39, 0.29) is 18.3 Å². The standard InChI is InChI=1S/C18H25NO2.ClH/c1-4-12(3)18(20)17(19)16-14-9-7-6-8-13(14)10-11-15(16)21-5-2;/h6-12,17-18,20H,4-5,19H2,1-3H3;1H/t12?,17-,18+;/m0./s1. The van der Waals surface area contributed by atoms with Crippen molar-refractivity contribution < 1.29 is 9.84 Å². The quantitative estimate of drug-likeness (QED) is 0.842. The Bertz CT molecular complexity index is 603. The van der Waals surface area contributed by atoms with Gasteiger partial charge < -0.3 is 15.6 Å². The van der Waals surface area contributed by atoms with Gasteiger partial charge in [0.05, 0.1) is 18.8 Å². The third-order valence-electron chi connectivity index (χ3n) is 4.16. The lowest BCUT2D eigenvalue weighted by molar-refractivity contribution is 0.0873. The number of rotatable bonds is 6. The second-order valence-corrected chi connectivity index (χ2v) is 5.53. The van der Waals surface area contributed by atoms with E-state index in [0.717, 1.165) is 28.5 Å². The van der Waals surface area contributed by atoms with E-state index >= 15 is 0 Å². The molecule has 3 N–H and O–H groups in total. The number of benzene rings is 2. The van der Waals surface area contributed by atoms with Gasteiger partial charge in [-0.1, -0.05) is 50.6 Å². The van der Waals surface area contributed by atoms with Crippen LogP contribution >= 0.6 is 12.4 Å². The van der Waals surface area contributed by atoms with Gasteiger partial charge in [0.25, 0.3) is 0 Å². The molecule has 2 aromatic carbocycles. The first-order valence-electron chi connectivity index (χ1n) is 7.68. The summed E-state index contributed by atoms with van der Waals surface area (Å²) in [6, 6.07) is 11.6. The minimum atomic E-state index is -0.583. The summed E-state index contributed by atoms with van der Waals surface area (Å²) in [7, 11) is 0. The molecule has 0 aliphatic carbocycles. The number of aliphatic hydroxyl groups excluding tert-OH is 1. The third kappa shape index (κ3) is 3.72. The van der Waals surface area contributed by atoms with Gasteiger partial charge >= 0.3 is 0 Å². The topological polar surface area (TPSA) is 55.5 Å². The lowest BCUT2D eigenvalue weighted by Gasteiger charge is -2.27. The van der Waals surface area contributed by atoms with E-state index in [1.165, 1.54) is 0 Å². The maximum Gasteiger partial charge on any atom is 0.124 e. The number of ether oxygens (including phenoxy) is 1. The molecule has 3 atom stereocenters. The van der Waals surface area contributed by atoms with Crippen LogP contribution in [-0.4, -0.2) is 17.8 Å². The summed E-state index contributed by atoms with van der Waals surface area (Å²) in [6.45, 7) is 6.62. The van der Waals surface area contributed by atoms with Crippen molar-refractivity contribution in [1.29, 1.82) is 0 Å². The van der Waals surface area contributed by atoms with Gasteiger partial charge in [-0.3, -0.25) is 0 Å². The van der Waals surface area contributed by atoms with Crippen LogP contribution in [0.5, 0.6) is 5.75 Å². The van der Waals surface area contributed by atoms with Crippen molar-refractivity contribution in [3.8, 4) is 5.75 Å². The lowest BCUT2D eigenvalue weighted by Crippen LogP contribution is -2.32. The maximum absolute atomic E-state index is 10.5. The average Bonchev–Trinajstić information content (AvgIpc) is 2.52. The van der Waals surface area contributed by atoms with Crippen molar-refractivity contribution in [3.05, 3.63) is 42.0 Å². The summed E-state index contributed by atoms with van der Waals surface area (Å²) < 4.78 is 5.74. The number of hydrogen-bond acceptors (Lipinski definition) is 3. The van der Waals surface area contributed by atoms with Gasteiger partial charge in [-0.25, -0.2) is 0 Å². The first-order chi connectivity index (χ1) is 10.1. The third-order valence-corrected chi connectivity index (χ3v) is 4.16.